The predicted molar refractivity (Wildman–Crippen MR) is 107 cm³/mol. The second-order valence-corrected chi connectivity index (χ2v) is 7.14. The maximum atomic E-state index is 13.2. The molecule has 2 aromatic carbocycles. The molecule has 0 unspecified atom stereocenters. The zero-order valence-electron chi connectivity index (χ0n) is 16.4. The fourth-order valence-corrected chi connectivity index (χ4v) is 3.61. The van der Waals surface area contributed by atoms with Gasteiger partial charge in [0, 0.05) is 38.7 Å². The van der Waals surface area contributed by atoms with Crippen LogP contribution in [0.3, 0.4) is 0 Å². The van der Waals surface area contributed by atoms with Crippen LogP contribution in [0.1, 0.15) is 22.8 Å². The number of piperazine rings is 1. The largest absolute Gasteiger partial charge is 0.339 e. The molecule has 4 rings (SSSR count). The van der Waals surface area contributed by atoms with E-state index in [1.165, 1.54) is 6.33 Å². The van der Waals surface area contributed by atoms with Crippen LogP contribution >= 0.6 is 0 Å². The topological polar surface area (TPSA) is 84.2 Å². The molecule has 1 aromatic heterocycles. The number of amides is 2. The third-order valence-electron chi connectivity index (χ3n) is 5.25. The first-order chi connectivity index (χ1) is 14.0. The highest BCUT2D eigenvalue weighted by atomic mass is 16.2. The van der Waals surface area contributed by atoms with Crippen LogP contribution in [0.25, 0.3) is 16.8 Å². The molecule has 3 aromatic rings. The minimum atomic E-state index is -0.0574. The van der Waals surface area contributed by atoms with Crippen LogP contribution in [-0.2, 0) is 4.79 Å². The molecule has 29 heavy (non-hydrogen) atoms. The van der Waals surface area contributed by atoms with Crippen LogP contribution in [0.4, 0.5) is 0 Å². The Hall–Kier alpha value is -3.55. The maximum absolute atomic E-state index is 13.2. The smallest absolute Gasteiger partial charge is 0.254 e. The van der Waals surface area contributed by atoms with E-state index < -0.39 is 0 Å². The number of carbonyl (C=O) groups excluding carboxylic acids is 2. The Morgan fingerprint density at radius 2 is 1.69 bits per heavy atom. The van der Waals surface area contributed by atoms with Crippen LogP contribution in [0, 0.1) is 6.92 Å². The number of nitrogens with zero attached hydrogens (tertiary/aromatic N) is 6. The normalized spacial score (nSPS) is 14.1. The summed E-state index contributed by atoms with van der Waals surface area (Å²) in [5, 5.41) is 11.4. The van der Waals surface area contributed by atoms with Gasteiger partial charge < -0.3 is 9.80 Å². The van der Waals surface area contributed by atoms with Crippen molar-refractivity contribution < 1.29 is 9.59 Å². The number of aryl methyl sites for hydroxylation is 1. The second kappa shape index (κ2) is 7.83. The summed E-state index contributed by atoms with van der Waals surface area (Å²) in [6.45, 7) is 5.75. The summed E-state index contributed by atoms with van der Waals surface area (Å²) >= 11 is 0. The summed E-state index contributed by atoms with van der Waals surface area (Å²) in [5.74, 6) is -0.0161. The van der Waals surface area contributed by atoms with Crippen molar-refractivity contribution in [2.45, 2.75) is 13.8 Å². The van der Waals surface area contributed by atoms with Crippen LogP contribution in [-0.4, -0.2) is 68.0 Å². The molecule has 2 amide bonds. The van der Waals surface area contributed by atoms with E-state index in [4.69, 9.17) is 0 Å². The highest BCUT2D eigenvalue weighted by Crippen LogP contribution is 2.27. The Bertz CT molecular complexity index is 1040. The van der Waals surface area contributed by atoms with Crippen molar-refractivity contribution >= 4 is 11.8 Å². The minimum absolute atomic E-state index is 0.0413. The van der Waals surface area contributed by atoms with Gasteiger partial charge in [-0.1, -0.05) is 24.3 Å². The molecule has 0 saturated carbocycles. The highest BCUT2D eigenvalue weighted by Gasteiger charge is 2.24. The van der Waals surface area contributed by atoms with Gasteiger partial charge in [-0.05, 0) is 52.2 Å². The molecule has 8 nitrogen and oxygen atoms in total. The van der Waals surface area contributed by atoms with Gasteiger partial charge in [0.05, 0.1) is 5.69 Å². The standard InChI is InChI=1S/C21H22N6O2/c1-15-5-3-4-6-20(15)17-11-18(13-19(12-17)27-14-22-23-24-27)21(29)26-9-7-25(8-10-26)16(2)28/h3-6,11-14H,7-10H2,1-2H3. The number of aromatic nitrogens is 4. The minimum Gasteiger partial charge on any atom is -0.339 e. The zero-order chi connectivity index (χ0) is 20.4. The summed E-state index contributed by atoms with van der Waals surface area (Å²) < 4.78 is 1.55. The van der Waals surface area contributed by atoms with Gasteiger partial charge in [0.1, 0.15) is 6.33 Å². The first-order valence-electron chi connectivity index (χ1n) is 9.52. The SMILES string of the molecule is CC(=O)N1CCN(C(=O)c2cc(-c3ccccc3C)cc(-n3cnnn3)c2)CC1. The number of tetrazole rings is 1. The van der Waals surface area contributed by atoms with E-state index in [0.29, 0.717) is 31.7 Å². The second-order valence-electron chi connectivity index (χ2n) is 7.14. The summed E-state index contributed by atoms with van der Waals surface area (Å²) in [6, 6.07) is 13.7. The van der Waals surface area contributed by atoms with Crippen molar-refractivity contribution in [2.75, 3.05) is 26.2 Å². The van der Waals surface area contributed by atoms with E-state index in [-0.39, 0.29) is 11.8 Å². The summed E-state index contributed by atoms with van der Waals surface area (Å²) in [4.78, 5) is 28.3. The number of hydrogen-bond acceptors (Lipinski definition) is 5. The third-order valence-corrected chi connectivity index (χ3v) is 5.25. The lowest BCUT2D eigenvalue weighted by atomic mass is 9.97. The Balaban J connectivity index is 1.70. The molecule has 2 heterocycles. The van der Waals surface area contributed by atoms with Crippen molar-refractivity contribution in [3.8, 4) is 16.8 Å². The van der Waals surface area contributed by atoms with Crippen LogP contribution in [0.2, 0.25) is 0 Å². The zero-order valence-corrected chi connectivity index (χ0v) is 16.4. The van der Waals surface area contributed by atoms with E-state index in [1.807, 2.05) is 43.3 Å². The average molecular weight is 390 g/mol. The fourth-order valence-electron chi connectivity index (χ4n) is 3.61. The van der Waals surface area contributed by atoms with Crippen LogP contribution in [0.5, 0.6) is 0 Å². The van der Waals surface area contributed by atoms with E-state index >= 15 is 0 Å². The van der Waals surface area contributed by atoms with Gasteiger partial charge in [-0.25, -0.2) is 4.68 Å². The lowest BCUT2D eigenvalue weighted by molar-refractivity contribution is -0.130. The molecule has 0 spiro atoms. The van der Waals surface area contributed by atoms with Crippen molar-refractivity contribution in [3.63, 3.8) is 0 Å². The van der Waals surface area contributed by atoms with Gasteiger partial charge in [0.25, 0.3) is 5.91 Å². The fraction of sp³-hybridized carbons (Fsp3) is 0.286. The van der Waals surface area contributed by atoms with Gasteiger partial charge in [-0.15, -0.1) is 5.10 Å². The van der Waals surface area contributed by atoms with Crippen LogP contribution < -0.4 is 0 Å². The molecule has 0 N–H and O–H groups in total. The summed E-state index contributed by atoms with van der Waals surface area (Å²) in [6.07, 6.45) is 1.51. The predicted octanol–water partition coefficient (Wildman–Crippen LogP) is 1.94. The first kappa shape index (κ1) is 18.8. The van der Waals surface area contributed by atoms with Crippen LogP contribution in [0.15, 0.2) is 48.8 Å². The monoisotopic (exact) mass is 390 g/mol. The molecular formula is C21H22N6O2. The number of benzene rings is 2. The molecule has 0 aliphatic carbocycles. The van der Waals surface area contributed by atoms with Crippen molar-refractivity contribution in [2.24, 2.45) is 0 Å². The van der Waals surface area contributed by atoms with Gasteiger partial charge in [-0.3, -0.25) is 9.59 Å². The van der Waals surface area contributed by atoms with E-state index in [2.05, 4.69) is 15.5 Å². The van der Waals surface area contributed by atoms with Crippen molar-refractivity contribution in [3.05, 3.63) is 59.9 Å². The van der Waals surface area contributed by atoms with Gasteiger partial charge in [-0.2, -0.15) is 0 Å². The lowest BCUT2D eigenvalue weighted by Gasteiger charge is -2.34. The number of hydrogen-bond donors (Lipinski definition) is 0. The van der Waals surface area contributed by atoms with Gasteiger partial charge in [0.15, 0.2) is 0 Å². The molecule has 0 atom stereocenters. The van der Waals surface area contributed by atoms with E-state index in [1.54, 1.807) is 27.5 Å². The Labute approximate surface area is 168 Å². The molecule has 1 aliphatic rings. The van der Waals surface area contributed by atoms with Crippen molar-refractivity contribution in [1.29, 1.82) is 0 Å². The first-order valence-corrected chi connectivity index (χ1v) is 9.52. The number of rotatable bonds is 3. The quantitative estimate of drug-likeness (QED) is 0.682. The Morgan fingerprint density at radius 3 is 2.34 bits per heavy atom. The van der Waals surface area contributed by atoms with Gasteiger partial charge in [0.2, 0.25) is 5.91 Å². The molecule has 8 heteroatoms. The van der Waals surface area contributed by atoms with E-state index in [9.17, 15) is 9.59 Å². The van der Waals surface area contributed by atoms with E-state index in [0.717, 1.165) is 22.4 Å². The molecule has 148 valence electrons. The number of carbonyl (C=O) groups is 2. The maximum Gasteiger partial charge on any atom is 0.254 e. The molecule has 0 radical (unpaired) electrons. The Morgan fingerprint density at radius 1 is 0.966 bits per heavy atom. The Kier molecular flexibility index (Phi) is 5.07. The summed E-state index contributed by atoms with van der Waals surface area (Å²) in [5.41, 5.74) is 4.41. The molecule has 1 saturated heterocycles. The molecular weight excluding hydrogens is 368 g/mol. The lowest BCUT2D eigenvalue weighted by Crippen LogP contribution is -2.50. The van der Waals surface area contributed by atoms with Gasteiger partial charge >= 0.3 is 0 Å². The third kappa shape index (κ3) is 3.87. The summed E-state index contributed by atoms with van der Waals surface area (Å²) in [7, 11) is 0. The molecule has 1 aliphatic heterocycles. The highest BCUT2D eigenvalue weighted by molar-refractivity contribution is 5.96. The van der Waals surface area contributed by atoms with Crippen molar-refractivity contribution in [1.82, 2.24) is 30.0 Å². The average Bonchev–Trinajstić information content (AvgIpc) is 3.28. The molecule has 1 fully saturated rings. The molecule has 0 bridgehead atoms.